The van der Waals surface area contributed by atoms with E-state index in [1.807, 2.05) is 11.8 Å². The Balaban J connectivity index is 2.15. The molecule has 0 bridgehead atoms. The van der Waals surface area contributed by atoms with Crippen LogP contribution in [0.5, 0.6) is 0 Å². The van der Waals surface area contributed by atoms with Gasteiger partial charge in [-0.3, -0.25) is 4.79 Å². The van der Waals surface area contributed by atoms with Crippen LogP contribution in [0, 0.1) is 5.92 Å². The molecule has 0 radical (unpaired) electrons. The van der Waals surface area contributed by atoms with E-state index in [4.69, 9.17) is 10.2 Å². The molecule has 2 atom stereocenters. The summed E-state index contributed by atoms with van der Waals surface area (Å²) in [6.45, 7) is 5.50. The maximum absolute atomic E-state index is 12.4. The SMILES string of the molecule is CCc1occc1C(=O)N1CC(CN)CC1C. The van der Waals surface area contributed by atoms with Crippen LogP contribution in [0.1, 0.15) is 36.4 Å². The highest BCUT2D eigenvalue weighted by molar-refractivity contribution is 5.95. The van der Waals surface area contributed by atoms with Gasteiger partial charge >= 0.3 is 0 Å². The summed E-state index contributed by atoms with van der Waals surface area (Å²) in [5.41, 5.74) is 6.38. The molecule has 1 saturated heterocycles. The summed E-state index contributed by atoms with van der Waals surface area (Å²) in [6.07, 6.45) is 3.34. The average Bonchev–Trinajstić information content (AvgIpc) is 2.93. The minimum absolute atomic E-state index is 0.0825. The Hall–Kier alpha value is -1.29. The molecule has 1 amide bonds. The van der Waals surface area contributed by atoms with Gasteiger partial charge in [0.15, 0.2) is 0 Å². The number of rotatable bonds is 3. The standard InChI is InChI=1S/C13H20N2O2/c1-3-12-11(4-5-17-12)13(16)15-8-10(7-14)6-9(15)2/h4-5,9-10H,3,6-8,14H2,1-2H3. The summed E-state index contributed by atoms with van der Waals surface area (Å²) < 4.78 is 5.31. The second-order valence-electron chi connectivity index (χ2n) is 4.75. The third kappa shape index (κ3) is 2.22. The molecule has 2 rings (SSSR count). The zero-order valence-electron chi connectivity index (χ0n) is 10.5. The number of carbonyl (C=O) groups is 1. The monoisotopic (exact) mass is 236 g/mol. The van der Waals surface area contributed by atoms with Crippen LogP contribution in [-0.4, -0.2) is 29.9 Å². The lowest BCUT2D eigenvalue weighted by atomic mass is 10.1. The van der Waals surface area contributed by atoms with Crippen molar-refractivity contribution in [2.45, 2.75) is 32.7 Å². The van der Waals surface area contributed by atoms with Gasteiger partial charge in [-0.1, -0.05) is 6.92 Å². The molecular formula is C13H20N2O2. The van der Waals surface area contributed by atoms with Gasteiger partial charge in [0.1, 0.15) is 5.76 Å². The van der Waals surface area contributed by atoms with E-state index in [1.165, 1.54) is 0 Å². The first-order valence-electron chi connectivity index (χ1n) is 6.24. The molecule has 1 aliphatic heterocycles. The van der Waals surface area contributed by atoms with Gasteiger partial charge in [0.25, 0.3) is 5.91 Å². The lowest BCUT2D eigenvalue weighted by molar-refractivity contribution is 0.0741. The average molecular weight is 236 g/mol. The molecule has 94 valence electrons. The quantitative estimate of drug-likeness (QED) is 0.868. The maximum atomic E-state index is 12.4. The van der Waals surface area contributed by atoms with E-state index < -0.39 is 0 Å². The number of carbonyl (C=O) groups excluding carboxylic acids is 1. The van der Waals surface area contributed by atoms with Gasteiger partial charge in [0.2, 0.25) is 0 Å². The van der Waals surface area contributed by atoms with E-state index in [0.29, 0.717) is 18.0 Å². The summed E-state index contributed by atoms with van der Waals surface area (Å²) in [4.78, 5) is 14.3. The molecule has 0 aromatic carbocycles. The van der Waals surface area contributed by atoms with E-state index in [0.717, 1.165) is 25.1 Å². The van der Waals surface area contributed by atoms with Gasteiger partial charge in [0, 0.05) is 19.0 Å². The fourth-order valence-electron chi connectivity index (χ4n) is 2.56. The van der Waals surface area contributed by atoms with Gasteiger partial charge in [-0.25, -0.2) is 0 Å². The smallest absolute Gasteiger partial charge is 0.257 e. The van der Waals surface area contributed by atoms with Crippen molar-refractivity contribution >= 4 is 5.91 Å². The van der Waals surface area contributed by atoms with Crippen LogP contribution in [0.2, 0.25) is 0 Å². The van der Waals surface area contributed by atoms with Crippen molar-refractivity contribution in [3.05, 3.63) is 23.7 Å². The van der Waals surface area contributed by atoms with Gasteiger partial charge in [0.05, 0.1) is 11.8 Å². The lowest BCUT2D eigenvalue weighted by Gasteiger charge is -2.21. The minimum atomic E-state index is 0.0825. The zero-order chi connectivity index (χ0) is 12.4. The van der Waals surface area contributed by atoms with Crippen LogP contribution in [0.4, 0.5) is 0 Å². The molecule has 17 heavy (non-hydrogen) atoms. The topological polar surface area (TPSA) is 59.5 Å². The molecule has 0 spiro atoms. The number of nitrogens with zero attached hydrogens (tertiary/aromatic N) is 1. The Morgan fingerprint density at radius 2 is 2.41 bits per heavy atom. The summed E-state index contributed by atoms with van der Waals surface area (Å²) >= 11 is 0. The first-order chi connectivity index (χ1) is 8.17. The Labute approximate surface area is 102 Å². The number of likely N-dealkylation sites (tertiary alicyclic amines) is 1. The van der Waals surface area contributed by atoms with Crippen molar-refractivity contribution in [2.75, 3.05) is 13.1 Å². The third-order valence-electron chi connectivity index (χ3n) is 3.55. The molecule has 4 heteroatoms. The van der Waals surface area contributed by atoms with E-state index in [2.05, 4.69) is 6.92 Å². The molecular weight excluding hydrogens is 216 g/mol. The normalized spacial score (nSPS) is 24.3. The number of nitrogens with two attached hydrogens (primary N) is 1. The van der Waals surface area contributed by atoms with Gasteiger partial charge in [-0.05, 0) is 31.9 Å². The molecule has 2 unspecified atom stereocenters. The van der Waals surface area contributed by atoms with Crippen molar-refractivity contribution in [2.24, 2.45) is 11.7 Å². The first-order valence-corrected chi connectivity index (χ1v) is 6.24. The first kappa shape index (κ1) is 12.2. The van der Waals surface area contributed by atoms with Gasteiger partial charge in [-0.15, -0.1) is 0 Å². The van der Waals surface area contributed by atoms with Crippen LogP contribution in [0.3, 0.4) is 0 Å². The van der Waals surface area contributed by atoms with Crippen LogP contribution in [0.15, 0.2) is 16.7 Å². The lowest BCUT2D eigenvalue weighted by Crippen LogP contribution is -2.34. The summed E-state index contributed by atoms with van der Waals surface area (Å²) in [5, 5.41) is 0. The molecule has 2 N–H and O–H groups in total. The van der Waals surface area contributed by atoms with Crippen LogP contribution < -0.4 is 5.73 Å². The zero-order valence-corrected chi connectivity index (χ0v) is 10.5. The Morgan fingerprint density at radius 3 is 3.00 bits per heavy atom. The number of furan rings is 1. The van der Waals surface area contributed by atoms with Crippen LogP contribution >= 0.6 is 0 Å². The van der Waals surface area contributed by atoms with Crippen LogP contribution in [0.25, 0.3) is 0 Å². The Bertz CT molecular complexity index is 400. The molecule has 0 aliphatic carbocycles. The highest BCUT2D eigenvalue weighted by Gasteiger charge is 2.33. The predicted octanol–water partition coefficient (Wildman–Crippen LogP) is 1.65. The number of aryl methyl sites for hydroxylation is 1. The molecule has 1 aliphatic rings. The van der Waals surface area contributed by atoms with E-state index in [1.54, 1.807) is 12.3 Å². The number of amides is 1. The molecule has 1 aromatic rings. The Kier molecular flexibility index (Phi) is 3.52. The predicted molar refractivity (Wildman–Crippen MR) is 65.7 cm³/mol. The second-order valence-corrected chi connectivity index (χ2v) is 4.75. The second kappa shape index (κ2) is 4.92. The summed E-state index contributed by atoms with van der Waals surface area (Å²) in [5.74, 6) is 1.29. The van der Waals surface area contributed by atoms with E-state index in [-0.39, 0.29) is 11.9 Å². The largest absolute Gasteiger partial charge is 0.469 e. The van der Waals surface area contributed by atoms with Gasteiger partial charge < -0.3 is 15.1 Å². The van der Waals surface area contributed by atoms with E-state index >= 15 is 0 Å². The summed E-state index contributed by atoms with van der Waals surface area (Å²) in [7, 11) is 0. The van der Waals surface area contributed by atoms with Crippen molar-refractivity contribution in [3.8, 4) is 0 Å². The maximum Gasteiger partial charge on any atom is 0.257 e. The molecule has 1 fully saturated rings. The minimum Gasteiger partial charge on any atom is -0.469 e. The van der Waals surface area contributed by atoms with Crippen molar-refractivity contribution < 1.29 is 9.21 Å². The Morgan fingerprint density at radius 1 is 1.65 bits per heavy atom. The fraction of sp³-hybridized carbons (Fsp3) is 0.615. The van der Waals surface area contributed by atoms with Crippen molar-refractivity contribution in [3.63, 3.8) is 0 Å². The molecule has 1 aromatic heterocycles. The molecule has 4 nitrogen and oxygen atoms in total. The molecule has 2 heterocycles. The summed E-state index contributed by atoms with van der Waals surface area (Å²) in [6, 6.07) is 2.04. The third-order valence-corrected chi connectivity index (χ3v) is 3.55. The number of hydrogen-bond donors (Lipinski definition) is 1. The van der Waals surface area contributed by atoms with Gasteiger partial charge in [-0.2, -0.15) is 0 Å². The van der Waals surface area contributed by atoms with Crippen LogP contribution in [-0.2, 0) is 6.42 Å². The van der Waals surface area contributed by atoms with Crippen molar-refractivity contribution in [1.29, 1.82) is 0 Å². The number of hydrogen-bond acceptors (Lipinski definition) is 3. The molecule has 0 saturated carbocycles. The van der Waals surface area contributed by atoms with Crippen molar-refractivity contribution in [1.82, 2.24) is 4.90 Å². The fourth-order valence-corrected chi connectivity index (χ4v) is 2.56. The highest BCUT2D eigenvalue weighted by Crippen LogP contribution is 2.25. The highest BCUT2D eigenvalue weighted by atomic mass is 16.3. The van der Waals surface area contributed by atoms with E-state index in [9.17, 15) is 4.79 Å².